The molecule has 0 aromatic carbocycles. The lowest BCUT2D eigenvalue weighted by Gasteiger charge is -2.45. The lowest BCUT2D eigenvalue weighted by Crippen LogP contribution is -2.40. The van der Waals surface area contributed by atoms with Crippen LogP contribution in [0.2, 0.25) is 0 Å². The van der Waals surface area contributed by atoms with Crippen molar-refractivity contribution in [3.63, 3.8) is 0 Å². The van der Waals surface area contributed by atoms with Gasteiger partial charge in [0.05, 0.1) is 4.92 Å². The highest BCUT2D eigenvalue weighted by Crippen LogP contribution is 2.46. The van der Waals surface area contributed by atoms with Gasteiger partial charge in [0.15, 0.2) is 5.13 Å². The summed E-state index contributed by atoms with van der Waals surface area (Å²) in [4.78, 5) is 14.4. The molecular weight excluding hydrogens is 262 g/mol. The normalized spacial score (nSPS) is 22.1. The fourth-order valence-electron chi connectivity index (χ4n) is 3.54. The Balaban J connectivity index is 2.07. The molecule has 0 spiro atoms. The maximum absolute atomic E-state index is 10.7. The van der Waals surface area contributed by atoms with E-state index in [-0.39, 0.29) is 5.00 Å². The van der Waals surface area contributed by atoms with E-state index in [0.717, 1.165) is 24.2 Å². The maximum Gasteiger partial charge on any atom is 0.345 e. The summed E-state index contributed by atoms with van der Waals surface area (Å²) in [5.41, 5.74) is 0.589. The minimum Gasteiger partial charge on any atom is -0.359 e. The van der Waals surface area contributed by atoms with Gasteiger partial charge < -0.3 is 5.32 Å². The monoisotopic (exact) mass is 283 g/mol. The molecule has 0 unspecified atom stereocenters. The standard InChI is InChI=1S/C13H21N3O2S/c1-12(2)5-9(6-13(3,4)8-12)15-11-14-7-10(19-11)16(17)18/h7,9H,5-6,8H2,1-4H3,(H,14,15). The van der Waals surface area contributed by atoms with Gasteiger partial charge in [-0.2, -0.15) is 0 Å². The van der Waals surface area contributed by atoms with Gasteiger partial charge in [0.2, 0.25) is 0 Å². The predicted octanol–water partition coefficient (Wildman–Crippen LogP) is 4.07. The summed E-state index contributed by atoms with van der Waals surface area (Å²) in [6, 6.07) is 0.338. The number of anilines is 1. The van der Waals surface area contributed by atoms with Crippen LogP contribution in [-0.2, 0) is 0 Å². The molecule has 19 heavy (non-hydrogen) atoms. The molecule has 6 heteroatoms. The first kappa shape index (κ1) is 14.2. The molecule has 1 saturated carbocycles. The molecule has 1 aromatic heterocycles. The van der Waals surface area contributed by atoms with Gasteiger partial charge in [-0.15, -0.1) is 0 Å². The Labute approximate surface area is 117 Å². The molecule has 0 amide bonds. The lowest BCUT2D eigenvalue weighted by atomic mass is 9.63. The largest absolute Gasteiger partial charge is 0.359 e. The van der Waals surface area contributed by atoms with Crippen LogP contribution in [0.5, 0.6) is 0 Å². The molecule has 1 heterocycles. The summed E-state index contributed by atoms with van der Waals surface area (Å²) in [5, 5.41) is 14.8. The summed E-state index contributed by atoms with van der Waals surface area (Å²) in [5.74, 6) is 0. The number of aromatic nitrogens is 1. The van der Waals surface area contributed by atoms with E-state index in [1.807, 2.05) is 0 Å². The Bertz CT molecular complexity index is 466. The van der Waals surface area contributed by atoms with Crippen LogP contribution in [0.4, 0.5) is 10.1 Å². The van der Waals surface area contributed by atoms with Crippen molar-refractivity contribution in [2.45, 2.75) is 53.0 Å². The quantitative estimate of drug-likeness (QED) is 0.670. The van der Waals surface area contributed by atoms with Crippen LogP contribution in [-0.4, -0.2) is 15.9 Å². The van der Waals surface area contributed by atoms with E-state index in [4.69, 9.17) is 0 Å². The summed E-state index contributed by atoms with van der Waals surface area (Å²) >= 11 is 1.11. The minimum absolute atomic E-state index is 0.0943. The second-order valence-electron chi connectivity index (χ2n) is 7.02. The molecule has 1 N–H and O–H groups in total. The third-order valence-electron chi connectivity index (χ3n) is 3.56. The van der Waals surface area contributed by atoms with Gasteiger partial charge in [0, 0.05) is 6.04 Å². The van der Waals surface area contributed by atoms with Crippen molar-refractivity contribution in [1.29, 1.82) is 0 Å². The molecule has 1 aliphatic rings. The zero-order valence-corrected chi connectivity index (χ0v) is 12.7. The number of rotatable bonds is 3. The van der Waals surface area contributed by atoms with Gasteiger partial charge in [-0.3, -0.25) is 10.1 Å². The van der Waals surface area contributed by atoms with Crippen LogP contribution < -0.4 is 5.32 Å². The maximum atomic E-state index is 10.7. The Morgan fingerprint density at radius 2 is 1.95 bits per heavy atom. The molecule has 1 fully saturated rings. The number of thiazole rings is 1. The highest BCUT2D eigenvalue weighted by atomic mass is 32.1. The lowest BCUT2D eigenvalue weighted by molar-refractivity contribution is -0.380. The van der Waals surface area contributed by atoms with Crippen molar-refractivity contribution < 1.29 is 4.92 Å². The zero-order chi connectivity index (χ0) is 14.3. The molecule has 5 nitrogen and oxygen atoms in total. The Hall–Kier alpha value is -1.17. The first-order valence-corrected chi connectivity index (χ1v) is 7.35. The van der Waals surface area contributed by atoms with Crippen molar-refractivity contribution in [3.05, 3.63) is 16.3 Å². The first-order valence-electron chi connectivity index (χ1n) is 6.54. The number of nitro groups is 1. The third kappa shape index (κ3) is 3.65. The molecule has 0 radical (unpaired) electrons. The van der Waals surface area contributed by atoms with Crippen LogP contribution in [0.3, 0.4) is 0 Å². The molecule has 0 atom stereocenters. The number of hydrogen-bond acceptors (Lipinski definition) is 5. The predicted molar refractivity (Wildman–Crippen MR) is 77.6 cm³/mol. The molecule has 0 aliphatic heterocycles. The van der Waals surface area contributed by atoms with Crippen molar-refractivity contribution >= 4 is 21.5 Å². The smallest absolute Gasteiger partial charge is 0.345 e. The highest BCUT2D eigenvalue weighted by molar-refractivity contribution is 7.18. The van der Waals surface area contributed by atoms with E-state index in [1.54, 1.807) is 0 Å². The second kappa shape index (κ2) is 4.74. The van der Waals surface area contributed by atoms with Crippen LogP contribution in [0.1, 0.15) is 47.0 Å². The Morgan fingerprint density at radius 1 is 1.37 bits per heavy atom. The molecule has 106 valence electrons. The van der Waals surface area contributed by atoms with E-state index in [2.05, 4.69) is 38.0 Å². The Kier molecular flexibility index (Phi) is 3.55. The molecule has 1 aliphatic carbocycles. The number of nitrogens with zero attached hydrogens (tertiary/aromatic N) is 2. The van der Waals surface area contributed by atoms with Crippen molar-refractivity contribution in [2.24, 2.45) is 10.8 Å². The topological polar surface area (TPSA) is 68.1 Å². The van der Waals surface area contributed by atoms with Gasteiger partial charge in [-0.25, -0.2) is 4.98 Å². The molecule has 0 bridgehead atoms. The minimum atomic E-state index is -0.391. The average Bonchev–Trinajstić information content (AvgIpc) is 2.60. The van der Waals surface area contributed by atoms with Crippen molar-refractivity contribution in [2.75, 3.05) is 5.32 Å². The molecule has 2 rings (SSSR count). The Morgan fingerprint density at radius 3 is 2.42 bits per heavy atom. The van der Waals surface area contributed by atoms with E-state index < -0.39 is 4.92 Å². The summed E-state index contributed by atoms with van der Waals surface area (Å²) in [6.45, 7) is 9.14. The molecule has 0 saturated heterocycles. The first-order chi connectivity index (χ1) is 8.67. The third-order valence-corrected chi connectivity index (χ3v) is 4.44. The number of hydrogen-bond donors (Lipinski definition) is 1. The van der Waals surface area contributed by atoms with E-state index in [9.17, 15) is 10.1 Å². The van der Waals surface area contributed by atoms with Crippen molar-refractivity contribution in [1.82, 2.24) is 4.98 Å². The van der Waals surface area contributed by atoms with Crippen LogP contribution >= 0.6 is 11.3 Å². The molecular formula is C13H21N3O2S. The zero-order valence-electron chi connectivity index (χ0n) is 11.9. The molecule has 1 aromatic rings. The van der Waals surface area contributed by atoms with Crippen molar-refractivity contribution in [3.8, 4) is 0 Å². The second-order valence-corrected chi connectivity index (χ2v) is 8.02. The van der Waals surface area contributed by atoms with Crippen LogP contribution in [0.15, 0.2) is 6.20 Å². The van der Waals surface area contributed by atoms with E-state index in [0.29, 0.717) is 22.0 Å². The van der Waals surface area contributed by atoms with Gasteiger partial charge in [0.1, 0.15) is 6.20 Å². The van der Waals surface area contributed by atoms with Gasteiger partial charge >= 0.3 is 5.00 Å². The van der Waals surface area contributed by atoms with Gasteiger partial charge in [-0.1, -0.05) is 27.7 Å². The van der Waals surface area contributed by atoms with Crippen LogP contribution in [0, 0.1) is 20.9 Å². The number of nitrogens with one attached hydrogen (secondary N) is 1. The summed E-state index contributed by atoms with van der Waals surface area (Å²) in [6.07, 6.45) is 4.68. The highest BCUT2D eigenvalue weighted by Gasteiger charge is 2.38. The van der Waals surface area contributed by atoms with E-state index in [1.165, 1.54) is 12.6 Å². The summed E-state index contributed by atoms with van der Waals surface area (Å²) < 4.78 is 0. The van der Waals surface area contributed by atoms with Gasteiger partial charge in [-0.05, 0) is 41.4 Å². The average molecular weight is 283 g/mol. The SMILES string of the molecule is CC1(C)CC(Nc2ncc([N+](=O)[O-])s2)CC(C)(C)C1. The van der Waals surface area contributed by atoms with Gasteiger partial charge in [0.25, 0.3) is 0 Å². The summed E-state index contributed by atoms with van der Waals surface area (Å²) in [7, 11) is 0. The van der Waals surface area contributed by atoms with Crippen LogP contribution in [0.25, 0.3) is 0 Å². The fraction of sp³-hybridized carbons (Fsp3) is 0.769. The fourth-order valence-corrected chi connectivity index (χ4v) is 4.25. The van der Waals surface area contributed by atoms with E-state index >= 15 is 0 Å².